The van der Waals surface area contributed by atoms with Gasteiger partial charge in [0.15, 0.2) is 0 Å². The van der Waals surface area contributed by atoms with Crippen LogP contribution >= 0.6 is 0 Å². The number of anilines is 1. The summed E-state index contributed by atoms with van der Waals surface area (Å²) in [6, 6.07) is 10.8. The van der Waals surface area contributed by atoms with E-state index < -0.39 is 11.0 Å². The van der Waals surface area contributed by atoms with Gasteiger partial charge < -0.3 is 10.6 Å². The standard InChI is InChI=1S/C20H23FN4O4/c1-3-24(13-19(26)22-12-15-4-6-16(21)7-5-15)14(2)20(27)23-17-8-10-18(11-9-17)25(28)29/h4-11,14H,3,12-13H2,1-2H3,(H,22,26)(H,23,27). The van der Waals surface area contributed by atoms with Gasteiger partial charge in [-0.15, -0.1) is 0 Å². The largest absolute Gasteiger partial charge is 0.351 e. The highest BCUT2D eigenvalue weighted by atomic mass is 19.1. The molecule has 0 aromatic heterocycles. The number of benzene rings is 2. The molecule has 0 saturated heterocycles. The Bertz CT molecular complexity index is 856. The van der Waals surface area contributed by atoms with Crippen LogP contribution in [-0.4, -0.2) is 40.8 Å². The molecule has 0 aliphatic heterocycles. The fraction of sp³-hybridized carbons (Fsp3) is 0.300. The third kappa shape index (κ3) is 6.65. The molecule has 0 fully saturated rings. The molecule has 154 valence electrons. The van der Waals surface area contributed by atoms with Crippen molar-refractivity contribution in [3.8, 4) is 0 Å². The number of hydrogen-bond donors (Lipinski definition) is 2. The summed E-state index contributed by atoms with van der Waals surface area (Å²) in [5.74, 6) is -0.928. The molecular weight excluding hydrogens is 379 g/mol. The van der Waals surface area contributed by atoms with Gasteiger partial charge in [0.05, 0.1) is 17.5 Å². The Balaban J connectivity index is 1.88. The summed E-state index contributed by atoms with van der Waals surface area (Å²) in [5.41, 5.74) is 1.14. The molecule has 0 heterocycles. The maximum Gasteiger partial charge on any atom is 0.269 e. The van der Waals surface area contributed by atoms with Crippen LogP contribution < -0.4 is 10.6 Å². The first-order valence-electron chi connectivity index (χ1n) is 9.10. The molecule has 1 atom stereocenters. The Hall–Kier alpha value is -3.33. The zero-order valence-electron chi connectivity index (χ0n) is 16.2. The number of carbonyl (C=O) groups excluding carboxylic acids is 2. The lowest BCUT2D eigenvalue weighted by Gasteiger charge is -2.26. The fourth-order valence-electron chi connectivity index (χ4n) is 2.64. The van der Waals surface area contributed by atoms with Crippen molar-refractivity contribution in [2.45, 2.75) is 26.4 Å². The van der Waals surface area contributed by atoms with E-state index in [9.17, 15) is 24.1 Å². The van der Waals surface area contributed by atoms with Gasteiger partial charge in [0.1, 0.15) is 5.82 Å². The third-order valence-corrected chi connectivity index (χ3v) is 4.43. The van der Waals surface area contributed by atoms with Crippen LogP contribution in [0, 0.1) is 15.9 Å². The smallest absolute Gasteiger partial charge is 0.269 e. The minimum absolute atomic E-state index is 0.0204. The highest BCUT2D eigenvalue weighted by Crippen LogP contribution is 2.16. The minimum Gasteiger partial charge on any atom is -0.351 e. The van der Waals surface area contributed by atoms with Crippen LogP contribution in [0.3, 0.4) is 0 Å². The Morgan fingerprint density at radius 3 is 2.31 bits per heavy atom. The Morgan fingerprint density at radius 2 is 1.76 bits per heavy atom. The van der Waals surface area contributed by atoms with Crippen molar-refractivity contribution in [2.75, 3.05) is 18.4 Å². The zero-order valence-corrected chi connectivity index (χ0v) is 16.2. The molecule has 9 heteroatoms. The number of nitro groups is 1. The highest BCUT2D eigenvalue weighted by molar-refractivity contribution is 5.95. The van der Waals surface area contributed by atoms with Crippen molar-refractivity contribution >= 4 is 23.2 Å². The molecule has 29 heavy (non-hydrogen) atoms. The normalized spacial score (nSPS) is 11.7. The van der Waals surface area contributed by atoms with Crippen molar-refractivity contribution in [1.82, 2.24) is 10.2 Å². The molecular formula is C20H23FN4O4. The van der Waals surface area contributed by atoms with Gasteiger partial charge in [-0.25, -0.2) is 4.39 Å². The predicted molar refractivity (Wildman–Crippen MR) is 107 cm³/mol. The first-order chi connectivity index (χ1) is 13.8. The van der Waals surface area contributed by atoms with Crippen molar-refractivity contribution in [2.24, 2.45) is 0 Å². The molecule has 8 nitrogen and oxygen atoms in total. The van der Waals surface area contributed by atoms with Crippen LogP contribution in [0.5, 0.6) is 0 Å². The van der Waals surface area contributed by atoms with Crippen molar-refractivity contribution in [3.63, 3.8) is 0 Å². The molecule has 2 aromatic rings. The van der Waals surface area contributed by atoms with Crippen LogP contribution in [0.15, 0.2) is 48.5 Å². The van der Waals surface area contributed by atoms with Gasteiger partial charge in [-0.1, -0.05) is 19.1 Å². The van der Waals surface area contributed by atoms with E-state index in [0.717, 1.165) is 5.56 Å². The second-order valence-corrected chi connectivity index (χ2v) is 6.44. The lowest BCUT2D eigenvalue weighted by Crippen LogP contribution is -2.46. The van der Waals surface area contributed by atoms with E-state index in [1.165, 1.54) is 36.4 Å². The summed E-state index contributed by atoms with van der Waals surface area (Å²) < 4.78 is 12.9. The molecule has 0 aliphatic carbocycles. The summed E-state index contributed by atoms with van der Waals surface area (Å²) >= 11 is 0. The maximum atomic E-state index is 12.9. The summed E-state index contributed by atoms with van der Waals surface area (Å²) in [5, 5.41) is 16.1. The predicted octanol–water partition coefficient (Wildman–Crippen LogP) is 2.70. The second kappa shape index (κ2) is 10.3. The molecule has 0 aliphatic rings. The molecule has 2 amide bonds. The average molecular weight is 402 g/mol. The fourth-order valence-corrected chi connectivity index (χ4v) is 2.64. The van der Waals surface area contributed by atoms with E-state index in [1.807, 2.05) is 6.92 Å². The SMILES string of the molecule is CCN(CC(=O)NCc1ccc(F)cc1)C(C)C(=O)Nc1ccc([N+](=O)[O-])cc1. The molecule has 0 spiro atoms. The van der Waals surface area contributed by atoms with E-state index in [2.05, 4.69) is 10.6 Å². The second-order valence-electron chi connectivity index (χ2n) is 6.44. The number of nitrogens with zero attached hydrogens (tertiary/aromatic N) is 2. The van der Waals surface area contributed by atoms with Crippen LogP contribution in [-0.2, 0) is 16.1 Å². The number of rotatable bonds is 9. The average Bonchev–Trinajstić information content (AvgIpc) is 2.71. The lowest BCUT2D eigenvalue weighted by molar-refractivity contribution is -0.384. The number of nitro benzene ring substituents is 1. The molecule has 0 saturated carbocycles. The number of carbonyl (C=O) groups is 2. The van der Waals surface area contributed by atoms with Gasteiger partial charge in [-0.05, 0) is 43.3 Å². The first-order valence-corrected chi connectivity index (χ1v) is 9.10. The van der Waals surface area contributed by atoms with Gasteiger partial charge in [0, 0.05) is 24.4 Å². The van der Waals surface area contributed by atoms with Crippen molar-refractivity contribution in [3.05, 3.63) is 70.0 Å². The molecule has 0 bridgehead atoms. The first kappa shape index (κ1) is 22.0. The van der Waals surface area contributed by atoms with Crippen molar-refractivity contribution < 1.29 is 18.9 Å². The maximum absolute atomic E-state index is 12.9. The number of halogens is 1. The monoisotopic (exact) mass is 402 g/mol. The van der Waals surface area contributed by atoms with Crippen LogP contribution in [0.1, 0.15) is 19.4 Å². The minimum atomic E-state index is -0.591. The van der Waals surface area contributed by atoms with Gasteiger partial charge in [-0.2, -0.15) is 0 Å². The Kier molecular flexibility index (Phi) is 7.79. The third-order valence-electron chi connectivity index (χ3n) is 4.43. The number of nitrogens with one attached hydrogen (secondary N) is 2. The Labute approximate surface area is 167 Å². The lowest BCUT2D eigenvalue weighted by atomic mass is 10.2. The van der Waals surface area contributed by atoms with Gasteiger partial charge >= 0.3 is 0 Å². The summed E-state index contributed by atoms with van der Waals surface area (Å²) in [4.78, 5) is 36.6. The molecule has 0 radical (unpaired) electrons. The zero-order chi connectivity index (χ0) is 21.4. The molecule has 1 unspecified atom stereocenters. The topological polar surface area (TPSA) is 105 Å². The quantitative estimate of drug-likeness (QED) is 0.496. The van der Waals surface area contributed by atoms with E-state index in [4.69, 9.17) is 0 Å². The van der Waals surface area contributed by atoms with Gasteiger partial charge in [0.2, 0.25) is 11.8 Å². The summed E-state index contributed by atoms with van der Waals surface area (Å²) in [7, 11) is 0. The Morgan fingerprint density at radius 1 is 1.14 bits per heavy atom. The number of hydrogen-bond acceptors (Lipinski definition) is 5. The number of non-ortho nitro benzene ring substituents is 1. The van der Waals surface area contributed by atoms with Crippen LogP contribution in [0.4, 0.5) is 15.8 Å². The summed E-state index contributed by atoms with van der Waals surface area (Å²) in [6.07, 6.45) is 0. The number of likely N-dealkylation sites (N-methyl/N-ethyl adjacent to an activating group) is 1. The summed E-state index contributed by atoms with van der Waals surface area (Å²) in [6.45, 7) is 4.27. The molecule has 2 aromatic carbocycles. The van der Waals surface area contributed by atoms with Crippen LogP contribution in [0.25, 0.3) is 0 Å². The van der Waals surface area contributed by atoms with Crippen LogP contribution in [0.2, 0.25) is 0 Å². The van der Waals surface area contributed by atoms with E-state index >= 15 is 0 Å². The van der Waals surface area contributed by atoms with E-state index in [0.29, 0.717) is 12.2 Å². The molecule has 2 N–H and O–H groups in total. The molecule has 2 rings (SSSR count). The van der Waals surface area contributed by atoms with Gasteiger partial charge in [0.25, 0.3) is 5.69 Å². The van der Waals surface area contributed by atoms with E-state index in [-0.39, 0.29) is 36.4 Å². The van der Waals surface area contributed by atoms with E-state index in [1.54, 1.807) is 24.0 Å². The highest BCUT2D eigenvalue weighted by Gasteiger charge is 2.22. The van der Waals surface area contributed by atoms with Gasteiger partial charge in [-0.3, -0.25) is 24.6 Å². The van der Waals surface area contributed by atoms with Crippen molar-refractivity contribution in [1.29, 1.82) is 0 Å². The number of amides is 2.